The summed E-state index contributed by atoms with van der Waals surface area (Å²) in [6.07, 6.45) is 1.02. The van der Waals surface area contributed by atoms with Gasteiger partial charge in [0, 0.05) is 24.8 Å². The third-order valence-corrected chi connectivity index (χ3v) is 4.20. The van der Waals surface area contributed by atoms with Crippen LogP contribution in [0.2, 0.25) is 0 Å². The van der Waals surface area contributed by atoms with Gasteiger partial charge in [0.05, 0.1) is 0 Å². The lowest BCUT2D eigenvalue weighted by atomic mass is 9.93. The van der Waals surface area contributed by atoms with Crippen molar-refractivity contribution in [1.29, 1.82) is 0 Å². The van der Waals surface area contributed by atoms with Crippen molar-refractivity contribution in [3.8, 4) is 5.75 Å². The van der Waals surface area contributed by atoms with Crippen molar-refractivity contribution in [2.45, 2.75) is 25.9 Å². The van der Waals surface area contributed by atoms with Gasteiger partial charge in [-0.25, -0.2) is 0 Å². The third kappa shape index (κ3) is 3.19. The molecule has 0 aliphatic carbocycles. The van der Waals surface area contributed by atoms with Crippen LogP contribution in [-0.2, 0) is 13.0 Å². The van der Waals surface area contributed by atoms with Crippen LogP contribution < -0.4 is 10.5 Å². The van der Waals surface area contributed by atoms with Crippen LogP contribution in [0.3, 0.4) is 0 Å². The molecule has 21 heavy (non-hydrogen) atoms. The summed E-state index contributed by atoms with van der Waals surface area (Å²) < 4.78 is 5.80. The van der Waals surface area contributed by atoms with Gasteiger partial charge in [0.1, 0.15) is 12.4 Å². The number of para-hydroxylation sites is 1. The first-order chi connectivity index (χ1) is 10.2. The second-order valence-corrected chi connectivity index (χ2v) is 5.67. The fourth-order valence-corrected chi connectivity index (χ4v) is 2.95. The number of nitrogens with zero attached hydrogens (tertiary/aromatic N) is 1. The molecule has 2 N–H and O–H groups in total. The minimum absolute atomic E-state index is 0.501. The van der Waals surface area contributed by atoms with E-state index >= 15 is 0 Å². The van der Waals surface area contributed by atoms with E-state index in [4.69, 9.17) is 10.5 Å². The summed E-state index contributed by atoms with van der Waals surface area (Å²) in [6, 6.07) is 16.7. The molecule has 0 spiro atoms. The molecule has 1 atom stereocenters. The van der Waals surface area contributed by atoms with Crippen molar-refractivity contribution in [3.05, 3.63) is 59.7 Å². The maximum atomic E-state index is 6.08. The number of rotatable bonds is 4. The summed E-state index contributed by atoms with van der Waals surface area (Å²) in [4.78, 5) is 2.46. The number of benzene rings is 2. The van der Waals surface area contributed by atoms with Gasteiger partial charge in [-0.05, 0) is 42.7 Å². The largest absolute Gasteiger partial charge is 0.492 e. The zero-order chi connectivity index (χ0) is 14.7. The maximum absolute atomic E-state index is 6.08. The Hall–Kier alpha value is -2.00. The van der Waals surface area contributed by atoms with E-state index in [1.54, 1.807) is 0 Å². The molecule has 3 heteroatoms. The van der Waals surface area contributed by atoms with E-state index in [9.17, 15) is 0 Å². The topological polar surface area (TPSA) is 38.5 Å². The highest BCUT2D eigenvalue weighted by molar-refractivity contribution is 5.52. The monoisotopic (exact) mass is 282 g/mol. The minimum Gasteiger partial charge on any atom is -0.492 e. The Morgan fingerprint density at radius 3 is 2.76 bits per heavy atom. The molecule has 0 radical (unpaired) electrons. The first-order valence-electron chi connectivity index (χ1n) is 7.52. The molecule has 0 saturated heterocycles. The average molecular weight is 282 g/mol. The lowest BCUT2D eigenvalue weighted by Gasteiger charge is -2.35. The number of nitrogens with two attached hydrogens (primary N) is 1. The molecule has 0 bridgehead atoms. The SMILES string of the molecule is CC1Cc2c(N)cccc2CN1CCOc1ccccc1. The fraction of sp³-hybridized carbons (Fsp3) is 0.333. The molecular formula is C18H22N2O. The van der Waals surface area contributed by atoms with E-state index in [1.165, 1.54) is 11.1 Å². The Morgan fingerprint density at radius 2 is 1.95 bits per heavy atom. The molecule has 1 unspecified atom stereocenters. The molecule has 2 aromatic carbocycles. The predicted octanol–water partition coefficient (Wildman–Crippen LogP) is 3.09. The van der Waals surface area contributed by atoms with Gasteiger partial charge >= 0.3 is 0 Å². The van der Waals surface area contributed by atoms with Crippen LogP contribution in [-0.4, -0.2) is 24.1 Å². The normalized spacial score (nSPS) is 18.2. The van der Waals surface area contributed by atoms with Crippen LogP contribution >= 0.6 is 0 Å². The summed E-state index contributed by atoms with van der Waals surface area (Å²) in [5, 5.41) is 0. The van der Waals surface area contributed by atoms with Crippen LogP contribution in [0, 0.1) is 0 Å². The Bertz CT molecular complexity index is 597. The summed E-state index contributed by atoms with van der Waals surface area (Å²) in [5.74, 6) is 0.937. The van der Waals surface area contributed by atoms with Crippen molar-refractivity contribution >= 4 is 5.69 Å². The molecule has 2 aromatic rings. The quantitative estimate of drug-likeness (QED) is 0.876. The Labute approximate surface area is 126 Å². The zero-order valence-electron chi connectivity index (χ0n) is 12.5. The molecule has 0 aromatic heterocycles. The van der Waals surface area contributed by atoms with E-state index in [2.05, 4.69) is 17.9 Å². The zero-order valence-corrected chi connectivity index (χ0v) is 12.5. The number of nitrogen functional groups attached to an aromatic ring is 1. The van der Waals surface area contributed by atoms with Crippen LogP contribution in [0.4, 0.5) is 5.69 Å². The molecule has 3 rings (SSSR count). The van der Waals surface area contributed by atoms with Crippen LogP contribution in [0.1, 0.15) is 18.1 Å². The van der Waals surface area contributed by atoms with Crippen molar-refractivity contribution in [3.63, 3.8) is 0 Å². The van der Waals surface area contributed by atoms with Gasteiger partial charge in [-0.15, -0.1) is 0 Å². The van der Waals surface area contributed by atoms with Gasteiger partial charge in [-0.3, -0.25) is 4.90 Å². The summed E-state index contributed by atoms with van der Waals surface area (Å²) in [5.41, 5.74) is 9.69. The third-order valence-electron chi connectivity index (χ3n) is 4.20. The maximum Gasteiger partial charge on any atom is 0.119 e. The number of hydrogen-bond acceptors (Lipinski definition) is 3. The second-order valence-electron chi connectivity index (χ2n) is 5.67. The number of hydrogen-bond donors (Lipinski definition) is 1. The van der Waals surface area contributed by atoms with Crippen LogP contribution in [0.25, 0.3) is 0 Å². The van der Waals surface area contributed by atoms with Gasteiger partial charge in [-0.1, -0.05) is 30.3 Å². The summed E-state index contributed by atoms with van der Waals surface area (Å²) >= 11 is 0. The van der Waals surface area contributed by atoms with E-state index in [-0.39, 0.29) is 0 Å². The Morgan fingerprint density at radius 1 is 1.14 bits per heavy atom. The van der Waals surface area contributed by atoms with Gasteiger partial charge < -0.3 is 10.5 Å². The van der Waals surface area contributed by atoms with Crippen LogP contribution in [0.15, 0.2) is 48.5 Å². The van der Waals surface area contributed by atoms with E-state index in [1.807, 2.05) is 42.5 Å². The second kappa shape index (κ2) is 6.19. The molecule has 1 aliphatic rings. The number of ether oxygens (including phenoxy) is 1. The average Bonchev–Trinajstić information content (AvgIpc) is 2.50. The standard InChI is InChI=1S/C18H22N2O/c1-14-12-17-15(6-5-9-18(17)19)13-20(14)10-11-21-16-7-3-2-4-8-16/h2-9,14H,10-13,19H2,1H3. The van der Waals surface area contributed by atoms with Gasteiger partial charge in [0.15, 0.2) is 0 Å². The van der Waals surface area contributed by atoms with Crippen LogP contribution in [0.5, 0.6) is 5.75 Å². The lowest BCUT2D eigenvalue weighted by Crippen LogP contribution is -2.40. The Balaban J connectivity index is 1.60. The number of fused-ring (bicyclic) bond motifs is 1. The molecule has 3 nitrogen and oxygen atoms in total. The molecule has 1 heterocycles. The van der Waals surface area contributed by atoms with Crippen molar-refractivity contribution in [2.24, 2.45) is 0 Å². The number of anilines is 1. The van der Waals surface area contributed by atoms with Gasteiger partial charge in [-0.2, -0.15) is 0 Å². The first kappa shape index (κ1) is 14.0. The molecule has 0 saturated carbocycles. The summed E-state index contributed by atoms with van der Waals surface area (Å²) in [7, 11) is 0. The molecule has 1 aliphatic heterocycles. The molecular weight excluding hydrogens is 260 g/mol. The predicted molar refractivity (Wildman–Crippen MR) is 86.4 cm³/mol. The molecule has 0 fully saturated rings. The van der Waals surface area contributed by atoms with Crippen molar-refractivity contribution in [1.82, 2.24) is 4.90 Å². The van der Waals surface area contributed by atoms with E-state index in [0.29, 0.717) is 12.6 Å². The molecule has 110 valence electrons. The van der Waals surface area contributed by atoms with Crippen molar-refractivity contribution in [2.75, 3.05) is 18.9 Å². The van der Waals surface area contributed by atoms with E-state index in [0.717, 1.165) is 30.9 Å². The smallest absolute Gasteiger partial charge is 0.119 e. The summed E-state index contributed by atoms with van der Waals surface area (Å²) in [6.45, 7) is 4.87. The Kier molecular flexibility index (Phi) is 4.11. The highest BCUT2D eigenvalue weighted by Gasteiger charge is 2.23. The van der Waals surface area contributed by atoms with Gasteiger partial charge in [0.25, 0.3) is 0 Å². The first-order valence-corrected chi connectivity index (χ1v) is 7.52. The van der Waals surface area contributed by atoms with E-state index < -0.39 is 0 Å². The lowest BCUT2D eigenvalue weighted by molar-refractivity contribution is 0.149. The fourth-order valence-electron chi connectivity index (χ4n) is 2.95. The molecule has 0 amide bonds. The highest BCUT2D eigenvalue weighted by Crippen LogP contribution is 2.27. The minimum atomic E-state index is 0.501. The van der Waals surface area contributed by atoms with Crippen molar-refractivity contribution < 1.29 is 4.74 Å². The van der Waals surface area contributed by atoms with Gasteiger partial charge in [0.2, 0.25) is 0 Å². The highest BCUT2D eigenvalue weighted by atomic mass is 16.5.